The van der Waals surface area contributed by atoms with Gasteiger partial charge < -0.3 is 26.0 Å². The van der Waals surface area contributed by atoms with E-state index in [9.17, 15) is 4.79 Å². The van der Waals surface area contributed by atoms with Crippen LogP contribution < -0.4 is 21.3 Å². The number of ether oxygens (including phenoxy) is 1. The SMILES string of the molecule is CCc1nc2c(cnn2CC)c(NC2CCOCC2)c1CNC(=O)NCc1ccc(Cl)c(-c2cccc(CC3CCNCC3)c2)c1. The summed E-state index contributed by atoms with van der Waals surface area (Å²) in [4.78, 5) is 18.1. The van der Waals surface area contributed by atoms with Crippen LogP contribution in [0.5, 0.6) is 0 Å². The number of hydrogen-bond acceptors (Lipinski definition) is 6. The number of urea groups is 1. The minimum absolute atomic E-state index is 0.233. The van der Waals surface area contributed by atoms with Crippen molar-refractivity contribution in [3.63, 3.8) is 0 Å². The maximum atomic E-state index is 13.1. The van der Waals surface area contributed by atoms with Gasteiger partial charge in [0.25, 0.3) is 0 Å². The lowest BCUT2D eigenvalue weighted by molar-refractivity contribution is 0.0904. The van der Waals surface area contributed by atoms with Crippen molar-refractivity contribution in [2.45, 2.75) is 78.0 Å². The van der Waals surface area contributed by atoms with Crippen LogP contribution in [0.2, 0.25) is 5.02 Å². The highest BCUT2D eigenvalue weighted by Crippen LogP contribution is 2.32. The Labute approximate surface area is 276 Å². The van der Waals surface area contributed by atoms with Gasteiger partial charge in [-0.1, -0.05) is 48.9 Å². The van der Waals surface area contributed by atoms with Crippen LogP contribution in [0.3, 0.4) is 0 Å². The number of anilines is 1. The van der Waals surface area contributed by atoms with Crippen molar-refractivity contribution in [1.29, 1.82) is 0 Å². The highest BCUT2D eigenvalue weighted by molar-refractivity contribution is 6.33. The molecular formula is C36H46ClN7O2. The highest BCUT2D eigenvalue weighted by Gasteiger charge is 2.22. The maximum absolute atomic E-state index is 13.1. The molecule has 0 radical (unpaired) electrons. The summed E-state index contributed by atoms with van der Waals surface area (Å²) in [6.07, 6.45) is 8.03. The number of fused-ring (bicyclic) bond motifs is 1. The van der Waals surface area contributed by atoms with Crippen molar-refractivity contribution in [2.75, 3.05) is 31.6 Å². The van der Waals surface area contributed by atoms with Crippen LogP contribution >= 0.6 is 11.6 Å². The molecule has 2 aromatic heterocycles. The molecule has 0 bridgehead atoms. The quantitative estimate of drug-likeness (QED) is 0.149. The molecule has 2 saturated heterocycles. The predicted molar refractivity (Wildman–Crippen MR) is 185 cm³/mol. The fourth-order valence-electron chi connectivity index (χ4n) is 6.70. The largest absolute Gasteiger partial charge is 0.381 e. The minimum atomic E-state index is -0.233. The Balaban J connectivity index is 1.14. The van der Waals surface area contributed by atoms with Crippen LogP contribution in [0, 0.1) is 5.92 Å². The fraction of sp³-hybridized carbons (Fsp3) is 0.472. The first-order valence-corrected chi connectivity index (χ1v) is 17.2. The van der Waals surface area contributed by atoms with E-state index in [2.05, 4.69) is 70.5 Å². The van der Waals surface area contributed by atoms with Crippen molar-refractivity contribution < 1.29 is 9.53 Å². The van der Waals surface area contributed by atoms with Gasteiger partial charge in [-0.3, -0.25) is 0 Å². The van der Waals surface area contributed by atoms with Gasteiger partial charge >= 0.3 is 6.03 Å². The lowest BCUT2D eigenvalue weighted by Gasteiger charge is -2.26. The molecule has 0 saturated carbocycles. The molecule has 2 aromatic carbocycles. The molecule has 6 rings (SSSR count). The molecule has 244 valence electrons. The van der Waals surface area contributed by atoms with E-state index in [0.29, 0.717) is 24.2 Å². The van der Waals surface area contributed by atoms with Gasteiger partial charge in [0.1, 0.15) is 0 Å². The highest BCUT2D eigenvalue weighted by atomic mass is 35.5. The predicted octanol–water partition coefficient (Wildman–Crippen LogP) is 6.47. The number of piperidine rings is 1. The molecular weight excluding hydrogens is 598 g/mol. The lowest BCUT2D eigenvalue weighted by atomic mass is 9.90. The summed E-state index contributed by atoms with van der Waals surface area (Å²) in [5.74, 6) is 0.717. The zero-order valence-electron chi connectivity index (χ0n) is 27.0. The monoisotopic (exact) mass is 643 g/mol. The van der Waals surface area contributed by atoms with Gasteiger partial charge in [-0.25, -0.2) is 14.5 Å². The molecule has 2 amide bonds. The van der Waals surface area contributed by atoms with Gasteiger partial charge in [0, 0.05) is 60.7 Å². The van der Waals surface area contributed by atoms with Crippen LogP contribution in [-0.4, -0.2) is 53.1 Å². The Morgan fingerprint density at radius 2 is 1.83 bits per heavy atom. The number of halogens is 1. The van der Waals surface area contributed by atoms with E-state index in [1.165, 1.54) is 18.4 Å². The van der Waals surface area contributed by atoms with Gasteiger partial charge in [0.2, 0.25) is 0 Å². The summed E-state index contributed by atoms with van der Waals surface area (Å²) in [5, 5.41) is 19.7. The molecule has 0 unspecified atom stereocenters. The van der Waals surface area contributed by atoms with E-state index >= 15 is 0 Å². The first-order chi connectivity index (χ1) is 22.5. The number of rotatable bonds is 11. The summed E-state index contributed by atoms with van der Waals surface area (Å²) in [7, 11) is 0. The number of hydrogen-bond donors (Lipinski definition) is 4. The Hall–Kier alpha value is -3.66. The Morgan fingerprint density at radius 3 is 2.61 bits per heavy atom. The molecule has 0 atom stereocenters. The molecule has 4 aromatic rings. The zero-order chi connectivity index (χ0) is 31.9. The van der Waals surface area contributed by atoms with Crippen molar-refractivity contribution in [3.8, 4) is 11.1 Å². The van der Waals surface area contributed by atoms with Crippen LogP contribution in [0.25, 0.3) is 22.2 Å². The van der Waals surface area contributed by atoms with Crippen molar-refractivity contribution in [2.24, 2.45) is 5.92 Å². The molecule has 2 aliphatic rings. The normalized spacial score (nSPS) is 16.1. The van der Waals surface area contributed by atoms with Gasteiger partial charge in [-0.2, -0.15) is 5.10 Å². The number of aryl methyl sites for hydroxylation is 2. The Bertz CT molecular complexity index is 1640. The standard InChI is InChI=1S/C36H46ClN7O2/c1-3-33-30(34(42-28-12-16-46-17-13-28)31-23-41-44(4-2)35(31)43-33)22-40-36(45)39-21-26-8-9-32(37)29(20-26)27-7-5-6-25(19-27)18-24-10-14-38-15-11-24/h5-9,19-20,23-24,28,38H,3-4,10-18,21-22H2,1-2H3,(H,42,43)(H2,39,40,45). The Kier molecular flexibility index (Phi) is 10.7. The van der Waals surface area contributed by atoms with E-state index in [0.717, 1.165) is 109 Å². The number of aromatic nitrogens is 3. The number of nitrogens with zero attached hydrogens (tertiary/aromatic N) is 3. The second kappa shape index (κ2) is 15.3. The average molecular weight is 644 g/mol. The molecule has 46 heavy (non-hydrogen) atoms. The number of pyridine rings is 1. The second-order valence-corrected chi connectivity index (χ2v) is 12.8. The van der Waals surface area contributed by atoms with Gasteiger partial charge in [-0.15, -0.1) is 0 Å². The summed E-state index contributed by atoms with van der Waals surface area (Å²) in [5.41, 5.74) is 8.27. The Morgan fingerprint density at radius 1 is 1.02 bits per heavy atom. The number of benzene rings is 2. The summed E-state index contributed by atoms with van der Waals surface area (Å²) in [6, 6.07) is 14.8. The molecule has 4 heterocycles. The van der Waals surface area contributed by atoms with Crippen LogP contribution in [0.1, 0.15) is 61.9 Å². The van der Waals surface area contributed by atoms with E-state index in [4.69, 9.17) is 21.3 Å². The third-order valence-corrected chi connectivity index (χ3v) is 9.64. The first-order valence-electron chi connectivity index (χ1n) is 16.8. The number of amides is 2. The third kappa shape index (κ3) is 7.65. The average Bonchev–Trinajstić information content (AvgIpc) is 3.51. The first kappa shape index (κ1) is 32.3. The molecule has 4 N–H and O–H groups in total. The van der Waals surface area contributed by atoms with Crippen LogP contribution in [0.4, 0.5) is 10.5 Å². The summed E-state index contributed by atoms with van der Waals surface area (Å²) in [6.45, 7) is 9.35. The number of carbonyl (C=O) groups is 1. The van der Waals surface area contributed by atoms with Crippen molar-refractivity contribution in [1.82, 2.24) is 30.7 Å². The second-order valence-electron chi connectivity index (χ2n) is 12.4. The summed E-state index contributed by atoms with van der Waals surface area (Å²) < 4.78 is 7.52. The van der Waals surface area contributed by atoms with E-state index in [-0.39, 0.29) is 6.03 Å². The zero-order valence-corrected chi connectivity index (χ0v) is 27.8. The number of nitrogens with one attached hydrogen (secondary N) is 4. The van der Waals surface area contributed by atoms with Crippen LogP contribution in [-0.2, 0) is 37.2 Å². The number of carbonyl (C=O) groups excluding carboxylic acids is 1. The van der Waals surface area contributed by atoms with E-state index < -0.39 is 0 Å². The molecule has 9 nitrogen and oxygen atoms in total. The summed E-state index contributed by atoms with van der Waals surface area (Å²) >= 11 is 6.69. The third-order valence-electron chi connectivity index (χ3n) is 9.31. The van der Waals surface area contributed by atoms with E-state index in [1.807, 2.05) is 23.0 Å². The molecule has 0 spiro atoms. The molecule has 0 aliphatic carbocycles. The molecule has 2 aliphatic heterocycles. The van der Waals surface area contributed by atoms with Crippen molar-refractivity contribution in [3.05, 3.63) is 76.1 Å². The maximum Gasteiger partial charge on any atom is 0.315 e. The van der Waals surface area contributed by atoms with Gasteiger partial charge in [0.15, 0.2) is 5.65 Å². The minimum Gasteiger partial charge on any atom is -0.381 e. The molecule has 10 heteroatoms. The van der Waals surface area contributed by atoms with Crippen LogP contribution in [0.15, 0.2) is 48.7 Å². The fourth-order valence-corrected chi connectivity index (χ4v) is 6.93. The van der Waals surface area contributed by atoms with Crippen molar-refractivity contribution >= 4 is 34.4 Å². The van der Waals surface area contributed by atoms with Gasteiger partial charge in [-0.05, 0) is 93.3 Å². The smallest absolute Gasteiger partial charge is 0.315 e. The lowest BCUT2D eigenvalue weighted by Crippen LogP contribution is -2.35. The topological polar surface area (TPSA) is 105 Å². The van der Waals surface area contributed by atoms with E-state index in [1.54, 1.807) is 0 Å². The van der Waals surface area contributed by atoms with Gasteiger partial charge in [0.05, 0.1) is 17.3 Å². The molecule has 2 fully saturated rings.